The molecule has 0 aromatic rings. The summed E-state index contributed by atoms with van der Waals surface area (Å²) in [6.07, 6.45) is 2.29. The van der Waals surface area contributed by atoms with Crippen molar-refractivity contribution in [1.29, 1.82) is 0 Å². The van der Waals surface area contributed by atoms with Gasteiger partial charge in [-0.3, -0.25) is 0 Å². The SMILES string of the molecule is CCC[O-].CCC[O-].CCC[O-].[Nd+3]. The largest absolute Gasteiger partial charge is 3.00 e. The minimum absolute atomic E-state index is 0. The van der Waals surface area contributed by atoms with Crippen LogP contribution in [0.25, 0.3) is 0 Å². The Bertz CT molecular complexity index is 30.3. The van der Waals surface area contributed by atoms with Crippen molar-refractivity contribution < 1.29 is 56.2 Å². The first-order valence-corrected chi connectivity index (χ1v) is 4.49. The smallest absolute Gasteiger partial charge is 0.854 e. The molecule has 0 fully saturated rings. The summed E-state index contributed by atoms with van der Waals surface area (Å²) >= 11 is 0. The molecule has 4 heteroatoms. The number of hydrogen-bond acceptors (Lipinski definition) is 3. The van der Waals surface area contributed by atoms with Crippen LogP contribution in [0.5, 0.6) is 0 Å². The van der Waals surface area contributed by atoms with Crippen molar-refractivity contribution >= 4 is 0 Å². The third kappa shape index (κ3) is 93.2. The van der Waals surface area contributed by atoms with Crippen LogP contribution in [0, 0.1) is 40.8 Å². The Hall–Kier alpha value is 1.23. The molecular formula is C9H21NdO3. The van der Waals surface area contributed by atoms with Crippen molar-refractivity contribution in [3.63, 3.8) is 0 Å². The van der Waals surface area contributed by atoms with Crippen molar-refractivity contribution in [2.24, 2.45) is 0 Å². The molecule has 0 N–H and O–H groups in total. The van der Waals surface area contributed by atoms with Crippen molar-refractivity contribution in [2.75, 3.05) is 19.8 Å². The zero-order chi connectivity index (χ0) is 10.2. The fraction of sp³-hybridized carbons (Fsp3) is 1.00. The third-order valence-electron chi connectivity index (χ3n) is 0.612. The van der Waals surface area contributed by atoms with E-state index in [-0.39, 0.29) is 60.7 Å². The average molecular weight is 322 g/mol. The van der Waals surface area contributed by atoms with Crippen LogP contribution in [-0.4, -0.2) is 19.8 Å². The normalized spacial score (nSPS) is 6.92. The first kappa shape index (κ1) is 23.8. The zero-order valence-corrected chi connectivity index (χ0v) is 12.2. The van der Waals surface area contributed by atoms with Crippen LogP contribution in [0.3, 0.4) is 0 Å². The Balaban J connectivity index is -0.0000000450. The second kappa shape index (κ2) is 37.9. The molecule has 0 saturated heterocycles. The van der Waals surface area contributed by atoms with Gasteiger partial charge in [0, 0.05) is 0 Å². The summed E-state index contributed by atoms with van der Waals surface area (Å²) in [7, 11) is 0. The summed E-state index contributed by atoms with van der Waals surface area (Å²) in [5.74, 6) is 0. The molecule has 0 spiro atoms. The summed E-state index contributed by atoms with van der Waals surface area (Å²) < 4.78 is 0. The Morgan fingerprint density at radius 1 is 0.615 bits per heavy atom. The quantitative estimate of drug-likeness (QED) is 0.688. The van der Waals surface area contributed by atoms with E-state index in [0.29, 0.717) is 0 Å². The monoisotopic (exact) mass is 319 g/mol. The Morgan fingerprint density at radius 3 is 0.692 bits per heavy atom. The third-order valence-corrected chi connectivity index (χ3v) is 0.612. The predicted octanol–water partition coefficient (Wildman–Crippen LogP) is -0.730. The molecule has 0 saturated carbocycles. The van der Waals surface area contributed by atoms with Crippen LogP contribution in [0.4, 0.5) is 0 Å². The second-order valence-electron chi connectivity index (χ2n) is 2.11. The Labute approximate surface area is 115 Å². The van der Waals surface area contributed by atoms with Crippen LogP contribution in [-0.2, 0) is 0 Å². The summed E-state index contributed by atoms with van der Waals surface area (Å²) in [6, 6.07) is 0. The molecule has 0 aromatic heterocycles. The van der Waals surface area contributed by atoms with Gasteiger partial charge in [-0.1, -0.05) is 40.0 Å². The fourth-order valence-electron chi connectivity index (χ4n) is 0. The second-order valence-corrected chi connectivity index (χ2v) is 2.11. The van der Waals surface area contributed by atoms with Crippen LogP contribution in [0.15, 0.2) is 0 Å². The average Bonchev–Trinajstić information content (AvgIpc) is 2.18. The summed E-state index contributed by atoms with van der Waals surface area (Å²) in [5, 5.41) is 27.9. The zero-order valence-electron chi connectivity index (χ0n) is 8.97. The van der Waals surface area contributed by atoms with E-state index in [0.717, 1.165) is 19.3 Å². The van der Waals surface area contributed by atoms with E-state index in [1.807, 2.05) is 20.8 Å². The first-order chi connectivity index (χ1) is 5.74. The summed E-state index contributed by atoms with van der Waals surface area (Å²) in [5.41, 5.74) is 0. The molecule has 0 aliphatic carbocycles. The minimum Gasteiger partial charge on any atom is -0.854 e. The molecule has 3 nitrogen and oxygen atoms in total. The molecule has 0 bridgehead atoms. The van der Waals surface area contributed by atoms with E-state index in [2.05, 4.69) is 0 Å². The molecular weight excluding hydrogens is 300 g/mol. The first-order valence-electron chi connectivity index (χ1n) is 4.49. The van der Waals surface area contributed by atoms with Crippen molar-refractivity contribution in [3.8, 4) is 0 Å². The maximum Gasteiger partial charge on any atom is 3.00 e. The molecule has 13 heavy (non-hydrogen) atoms. The van der Waals surface area contributed by atoms with Crippen LogP contribution < -0.4 is 15.3 Å². The Kier molecular flexibility index (Phi) is 69.3. The standard InChI is InChI=1S/3C3H7O.Nd/c3*1-2-3-4;/h3*2-3H2,1H3;/q3*-1;+3. The van der Waals surface area contributed by atoms with E-state index >= 15 is 0 Å². The Morgan fingerprint density at radius 2 is 0.692 bits per heavy atom. The van der Waals surface area contributed by atoms with Gasteiger partial charge in [0.25, 0.3) is 0 Å². The van der Waals surface area contributed by atoms with Gasteiger partial charge in [0.05, 0.1) is 0 Å². The maximum atomic E-state index is 9.30. The molecule has 0 aliphatic rings. The predicted molar refractivity (Wildman–Crippen MR) is 45.5 cm³/mol. The van der Waals surface area contributed by atoms with Gasteiger partial charge in [-0.2, -0.15) is 0 Å². The number of hydrogen-bond donors (Lipinski definition) is 0. The fourth-order valence-corrected chi connectivity index (χ4v) is 0. The molecule has 0 aliphatic heterocycles. The van der Waals surface area contributed by atoms with E-state index < -0.39 is 0 Å². The van der Waals surface area contributed by atoms with Gasteiger partial charge < -0.3 is 15.3 Å². The van der Waals surface area contributed by atoms with E-state index in [1.54, 1.807) is 0 Å². The van der Waals surface area contributed by atoms with Gasteiger partial charge in [-0.05, 0) is 0 Å². The van der Waals surface area contributed by atoms with Crippen LogP contribution >= 0.6 is 0 Å². The van der Waals surface area contributed by atoms with Crippen LogP contribution in [0.1, 0.15) is 40.0 Å². The summed E-state index contributed by atoms with van der Waals surface area (Å²) in [6.45, 7) is 5.81. The molecule has 0 amide bonds. The minimum atomic E-state index is 0. The van der Waals surface area contributed by atoms with Crippen molar-refractivity contribution in [2.45, 2.75) is 40.0 Å². The van der Waals surface area contributed by atoms with E-state index in [1.165, 1.54) is 0 Å². The van der Waals surface area contributed by atoms with E-state index in [4.69, 9.17) is 0 Å². The molecule has 0 heterocycles. The molecule has 0 unspecified atom stereocenters. The van der Waals surface area contributed by atoms with Crippen molar-refractivity contribution in [3.05, 3.63) is 0 Å². The van der Waals surface area contributed by atoms with Gasteiger partial charge in [0.1, 0.15) is 0 Å². The topological polar surface area (TPSA) is 69.2 Å². The molecule has 1 radical (unpaired) electrons. The van der Waals surface area contributed by atoms with E-state index in [9.17, 15) is 15.3 Å². The van der Waals surface area contributed by atoms with Crippen LogP contribution in [0.2, 0.25) is 0 Å². The van der Waals surface area contributed by atoms with Gasteiger partial charge >= 0.3 is 40.8 Å². The van der Waals surface area contributed by atoms with Crippen molar-refractivity contribution in [1.82, 2.24) is 0 Å². The van der Waals surface area contributed by atoms with Gasteiger partial charge in [-0.15, -0.1) is 19.8 Å². The molecule has 0 aromatic carbocycles. The molecule has 0 rings (SSSR count). The van der Waals surface area contributed by atoms with Gasteiger partial charge in [-0.25, -0.2) is 0 Å². The summed E-state index contributed by atoms with van der Waals surface area (Å²) in [4.78, 5) is 0. The molecule has 79 valence electrons. The molecule has 0 atom stereocenters. The maximum absolute atomic E-state index is 9.30. The van der Waals surface area contributed by atoms with Gasteiger partial charge in [0.15, 0.2) is 0 Å². The van der Waals surface area contributed by atoms with Gasteiger partial charge in [0.2, 0.25) is 0 Å². The number of rotatable bonds is 3.